The normalized spacial score (nSPS) is 9.85. The van der Waals surface area contributed by atoms with E-state index in [-0.39, 0.29) is 12.0 Å². The maximum Gasteiger partial charge on any atom is 0.373 e. The topological polar surface area (TPSA) is 84.5 Å². The molecule has 1 N–H and O–H groups in total. The van der Waals surface area contributed by atoms with Gasteiger partial charge in [-0.05, 0) is 30.3 Å². The zero-order valence-corrected chi connectivity index (χ0v) is 13.2. The molecule has 8 heteroatoms. The average molecular weight is 347 g/mol. The van der Waals surface area contributed by atoms with Gasteiger partial charge < -0.3 is 4.85 Å². The quantitative estimate of drug-likeness (QED) is 0.563. The minimum absolute atomic E-state index is 0.250. The predicted molar refractivity (Wildman–Crippen MR) is 89.4 cm³/mol. The number of fused-ring (bicyclic) bond motifs is 1. The molecular formula is C18H10FN5O2. The number of carbonyl (C=O) groups excluding carboxylic acids is 2. The first-order chi connectivity index (χ1) is 12.7. The summed E-state index contributed by atoms with van der Waals surface area (Å²) in [5, 5.41) is 7.06. The average Bonchev–Trinajstić information content (AvgIpc) is 3.29. The summed E-state index contributed by atoms with van der Waals surface area (Å²) < 4.78 is 14.8. The van der Waals surface area contributed by atoms with Crippen LogP contribution in [0, 0.1) is 12.4 Å². The number of H-pyrrole nitrogens is 1. The van der Waals surface area contributed by atoms with Gasteiger partial charge in [0.1, 0.15) is 5.82 Å². The molecule has 0 aliphatic heterocycles. The third kappa shape index (κ3) is 3.11. The van der Waals surface area contributed by atoms with Crippen molar-refractivity contribution < 1.29 is 14.0 Å². The number of rotatable bonds is 2. The van der Waals surface area contributed by atoms with Gasteiger partial charge in [0, 0.05) is 22.8 Å². The molecule has 0 spiro atoms. The third-order valence-electron chi connectivity index (χ3n) is 3.68. The molecule has 0 amide bonds. The zero-order valence-electron chi connectivity index (χ0n) is 13.2. The van der Waals surface area contributed by atoms with Crippen molar-refractivity contribution in [3.05, 3.63) is 72.2 Å². The summed E-state index contributed by atoms with van der Waals surface area (Å²) in [6, 6.07) is 10.0. The Kier molecular flexibility index (Phi) is 4.65. The lowest BCUT2D eigenvalue weighted by atomic mass is 10.0. The smallest absolute Gasteiger partial charge is 0.362 e. The third-order valence-corrected chi connectivity index (χ3v) is 3.68. The van der Waals surface area contributed by atoms with E-state index in [1.54, 1.807) is 28.9 Å². The monoisotopic (exact) mass is 347 g/mol. The van der Waals surface area contributed by atoms with Gasteiger partial charge in [0.05, 0.1) is 24.3 Å². The SMILES string of the molecule is O=C=O.[C-]#[N+]c1cnc2ccc(-c3cn[nH]c3-c3ccc(F)cc3)cn12. The minimum atomic E-state index is -0.281. The maximum atomic E-state index is 13.1. The number of pyridine rings is 1. The molecule has 4 aromatic rings. The number of halogens is 1. The summed E-state index contributed by atoms with van der Waals surface area (Å²) in [7, 11) is 0. The van der Waals surface area contributed by atoms with E-state index in [0.717, 1.165) is 22.4 Å². The first kappa shape index (κ1) is 16.8. The highest BCUT2D eigenvalue weighted by molar-refractivity contribution is 5.80. The van der Waals surface area contributed by atoms with Crippen LogP contribution in [0.2, 0.25) is 0 Å². The van der Waals surface area contributed by atoms with Crippen molar-refractivity contribution in [1.82, 2.24) is 19.6 Å². The van der Waals surface area contributed by atoms with Crippen molar-refractivity contribution in [3.63, 3.8) is 0 Å². The van der Waals surface area contributed by atoms with Crippen LogP contribution in [0.1, 0.15) is 0 Å². The molecule has 3 aromatic heterocycles. The van der Waals surface area contributed by atoms with Crippen LogP contribution in [0.25, 0.3) is 32.9 Å². The fraction of sp³-hybridized carbons (Fsp3) is 0. The standard InChI is InChI=1S/C17H10FN5.CO2/c1-19-16-9-20-15-7-4-12(10-23(15)16)14-8-21-22-17(14)11-2-5-13(18)6-3-11;2-1-3/h2-10H,(H,21,22);. The number of imidazole rings is 1. The van der Waals surface area contributed by atoms with Crippen molar-refractivity contribution in [2.24, 2.45) is 0 Å². The molecule has 126 valence electrons. The molecule has 0 radical (unpaired) electrons. The van der Waals surface area contributed by atoms with E-state index in [1.807, 2.05) is 18.3 Å². The highest BCUT2D eigenvalue weighted by atomic mass is 19.1. The Morgan fingerprint density at radius 2 is 1.77 bits per heavy atom. The predicted octanol–water partition coefficient (Wildman–Crippen LogP) is 3.50. The number of nitrogens with one attached hydrogen (secondary N) is 1. The molecule has 1 aromatic carbocycles. The highest BCUT2D eigenvalue weighted by Gasteiger charge is 2.13. The molecule has 0 saturated carbocycles. The maximum absolute atomic E-state index is 13.1. The summed E-state index contributed by atoms with van der Waals surface area (Å²) in [6.07, 6.45) is 5.37. The zero-order chi connectivity index (χ0) is 18.5. The number of aromatic nitrogens is 4. The van der Waals surface area contributed by atoms with Crippen LogP contribution in [0.4, 0.5) is 10.2 Å². The lowest BCUT2D eigenvalue weighted by molar-refractivity contribution is -0.191. The van der Waals surface area contributed by atoms with E-state index in [1.165, 1.54) is 12.1 Å². The first-order valence-corrected chi connectivity index (χ1v) is 7.31. The Morgan fingerprint density at radius 1 is 1.08 bits per heavy atom. The van der Waals surface area contributed by atoms with Crippen LogP contribution in [-0.4, -0.2) is 25.7 Å². The van der Waals surface area contributed by atoms with E-state index in [4.69, 9.17) is 16.2 Å². The highest BCUT2D eigenvalue weighted by Crippen LogP contribution is 2.31. The second-order valence-electron chi connectivity index (χ2n) is 5.12. The van der Waals surface area contributed by atoms with Crippen molar-refractivity contribution in [3.8, 4) is 22.4 Å². The molecule has 0 unspecified atom stereocenters. The molecule has 7 nitrogen and oxygen atoms in total. The summed E-state index contributed by atoms with van der Waals surface area (Å²) in [5.41, 5.74) is 4.13. The number of nitrogens with zero attached hydrogens (tertiary/aromatic N) is 4. The molecule has 0 fully saturated rings. The Hall–Kier alpha value is -4.08. The van der Waals surface area contributed by atoms with Crippen molar-refractivity contribution >= 4 is 17.6 Å². The Labute approximate surface area is 146 Å². The molecule has 0 aliphatic rings. The van der Waals surface area contributed by atoms with Crippen LogP contribution in [-0.2, 0) is 9.59 Å². The van der Waals surface area contributed by atoms with Gasteiger partial charge in [-0.25, -0.2) is 13.8 Å². The van der Waals surface area contributed by atoms with Crippen LogP contribution in [0.5, 0.6) is 0 Å². The summed E-state index contributed by atoms with van der Waals surface area (Å²) >= 11 is 0. The number of hydrogen-bond donors (Lipinski definition) is 1. The van der Waals surface area contributed by atoms with E-state index >= 15 is 0 Å². The van der Waals surface area contributed by atoms with E-state index < -0.39 is 0 Å². The van der Waals surface area contributed by atoms with Crippen LogP contribution < -0.4 is 0 Å². The number of benzene rings is 1. The molecule has 0 bridgehead atoms. The van der Waals surface area contributed by atoms with Crippen LogP contribution >= 0.6 is 0 Å². The fourth-order valence-corrected chi connectivity index (χ4v) is 2.55. The summed E-state index contributed by atoms with van der Waals surface area (Å²) in [5.74, 6) is 0.171. The molecule has 4 rings (SSSR count). The fourth-order valence-electron chi connectivity index (χ4n) is 2.55. The first-order valence-electron chi connectivity index (χ1n) is 7.31. The number of aromatic amines is 1. The van der Waals surface area contributed by atoms with E-state index in [9.17, 15) is 4.39 Å². The Bertz CT molecular complexity index is 1130. The molecule has 0 atom stereocenters. The largest absolute Gasteiger partial charge is 0.373 e. The second-order valence-corrected chi connectivity index (χ2v) is 5.12. The van der Waals surface area contributed by atoms with E-state index in [2.05, 4.69) is 20.0 Å². The Morgan fingerprint density at radius 3 is 2.46 bits per heavy atom. The van der Waals surface area contributed by atoms with Gasteiger partial charge in [0.25, 0.3) is 5.82 Å². The van der Waals surface area contributed by atoms with Gasteiger partial charge in [-0.2, -0.15) is 14.7 Å². The van der Waals surface area contributed by atoms with E-state index in [0.29, 0.717) is 11.5 Å². The van der Waals surface area contributed by atoms with Gasteiger partial charge in [-0.15, -0.1) is 0 Å². The molecule has 0 saturated heterocycles. The Balaban J connectivity index is 0.000000613. The summed E-state index contributed by atoms with van der Waals surface area (Å²) in [6.45, 7) is 7.19. The van der Waals surface area contributed by atoms with Gasteiger partial charge >= 0.3 is 6.15 Å². The van der Waals surface area contributed by atoms with Gasteiger partial charge in [-0.3, -0.25) is 5.10 Å². The lowest BCUT2D eigenvalue weighted by Crippen LogP contribution is -1.88. The molecule has 0 aliphatic carbocycles. The number of hydrogen-bond acceptors (Lipinski definition) is 4. The minimum Gasteiger partial charge on any atom is -0.362 e. The lowest BCUT2D eigenvalue weighted by Gasteiger charge is -2.04. The molecular weight excluding hydrogens is 337 g/mol. The second kappa shape index (κ2) is 7.21. The molecule has 26 heavy (non-hydrogen) atoms. The van der Waals surface area contributed by atoms with Crippen LogP contribution in [0.3, 0.4) is 0 Å². The van der Waals surface area contributed by atoms with Crippen molar-refractivity contribution in [1.29, 1.82) is 0 Å². The molecule has 3 heterocycles. The van der Waals surface area contributed by atoms with Gasteiger partial charge in [-0.1, -0.05) is 6.57 Å². The van der Waals surface area contributed by atoms with Gasteiger partial charge in [0.2, 0.25) is 5.65 Å². The summed E-state index contributed by atoms with van der Waals surface area (Å²) in [4.78, 5) is 23.9. The van der Waals surface area contributed by atoms with Crippen molar-refractivity contribution in [2.45, 2.75) is 0 Å². The van der Waals surface area contributed by atoms with Crippen molar-refractivity contribution in [2.75, 3.05) is 0 Å². The van der Waals surface area contributed by atoms with Gasteiger partial charge in [0.15, 0.2) is 0 Å². The van der Waals surface area contributed by atoms with Crippen LogP contribution in [0.15, 0.2) is 55.0 Å².